The molecule has 2 aliphatic rings. The summed E-state index contributed by atoms with van der Waals surface area (Å²) in [4.78, 5) is 24.0. The number of anilines is 1. The molecule has 1 aromatic heterocycles. The number of aromatic nitrogens is 1. The van der Waals surface area contributed by atoms with Gasteiger partial charge in [0, 0.05) is 32.6 Å². The Morgan fingerprint density at radius 1 is 0.950 bits per heavy atom. The van der Waals surface area contributed by atoms with Crippen molar-refractivity contribution in [1.82, 2.24) is 9.88 Å². The van der Waals surface area contributed by atoms with Crippen molar-refractivity contribution in [2.75, 3.05) is 44.9 Å². The third-order valence-corrected chi connectivity index (χ3v) is 8.27. The lowest BCUT2D eigenvalue weighted by Gasteiger charge is -2.40. The molecule has 0 aliphatic carbocycles. The number of morpholine rings is 1. The van der Waals surface area contributed by atoms with Crippen molar-refractivity contribution in [3.05, 3.63) is 94.3 Å². The number of fused-ring (bicyclic) bond motifs is 1. The molecule has 1 atom stereocenters. The maximum atomic E-state index is 13.6. The van der Waals surface area contributed by atoms with E-state index < -0.39 is 0 Å². The number of carbonyl (C=O) groups excluding carboxylic acids is 1. The zero-order chi connectivity index (χ0) is 27.7. The van der Waals surface area contributed by atoms with Crippen molar-refractivity contribution in [2.24, 2.45) is 0 Å². The van der Waals surface area contributed by atoms with Crippen molar-refractivity contribution >= 4 is 11.7 Å². The van der Waals surface area contributed by atoms with Gasteiger partial charge in [0.05, 0.1) is 49.0 Å². The average molecular weight is 542 g/mol. The first kappa shape index (κ1) is 28.3. The van der Waals surface area contributed by atoms with E-state index in [-0.39, 0.29) is 12.0 Å². The molecule has 1 saturated heterocycles. The number of unbranched alkanes of at least 4 members (excludes halogenated alkanes) is 3. The van der Waals surface area contributed by atoms with E-state index in [9.17, 15) is 4.79 Å². The van der Waals surface area contributed by atoms with Crippen molar-refractivity contribution in [3.8, 4) is 0 Å². The second kappa shape index (κ2) is 13.9. The van der Waals surface area contributed by atoms with E-state index in [2.05, 4.69) is 71.3 Å². The van der Waals surface area contributed by atoms with E-state index in [1.165, 1.54) is 37.5 Å². The van der Waals surface area contributed by atoms with Gasteiger partial charge in [0.2, 0.25) is 0 Å². The second-order valence-electron chi connectivity index (χ2n) is 11.0. The third-order valence-electron chi connectivity index (χ3n) is 8.27. The number of carbonyl (C=O) groups is 1. The Balaban J connectivity index is 1.63. The Labute approximate surface area is 239 Å². The summed E-state index contributed by atoms with van der Waals surface area (Å²) in [6, 6.07) is 21.4. The van der Waals surface area contributed by atoms with Gasteiger partial charge in [0.25, 0.3) is 0 Å². The summed E-state index contributed by atoms with van der Waals surface area (Å²) in [7, 11) is 1.50. The highest BCUT2D eigenvalue weighted by molar-refractivity contribution is 5.98. The number of esters is 1. The molecule has 212 valence electrons. The van der Waals surface area contributed by atoms with Crippen LogP contribution in [0.25, 0.3) is 0 Å². The largest absolute Gasteiger partial charge is 0.465 e. The van der Waals surface area contributed by atoms with Crippen LogP contribution in [-0.4, -0.2) is 55.8 Å². The minimum atomic E-state index is -0.254. The summed E-state index contributed by atoms with van der Waals surface area (Å²) in [5, 5.41) is 0. The fourth-order valence-electron chi connectivity index (χ4n) is 6.25. The van der Waals surface area contributed by atoms with Gasteiger partial charge in [-0.1, -0.05) is 93.3 Å². The predicted molar refractivity (Wildman–Crippen MR) is 160 cm³/mol. The normalized spacial score (nSPS) is 17.4. The topological polar surface area (TPSA) is 54.9 Å². The summed E-state index contributed by atoms with van der Waals surface area (Å²) in [5.74, 6) is -0.254. The number of hydrogen-bond acceptors (Lipinski definition) is 6. The summed E-state index contributed by atoms with van der Waals surface area (Å²) in [5.41, 5.74) is 7.28. The highest BCUT2D eigenvalue weighted by atomic mass is 16.5. The molecule has 1 unspecified atom stereocenters. The number of rotatable bonds is 11. The van der Waals surface area contributed by atoms with Gasteiger partial charge in [-0.15, -0.1) is 0 Å². The molecule has 3 heterocycles. The fourth-order valence-corrected chi connectivity index (χ4v) is 6.25. The van der Waals surface area contributed by atoms with Crippen LogP contribution in [0.1, 0.15) is 83.5 Å². The smallest absolute Gasteiger partial charge is 0.340 e. The molecular formula is C34H43N3O3. The van der Waals surface area contributed by atoms with Gasteiger partial charge in [-0.2, -0.15) is 0 Å². The van der Waals surface area contributed by atoms with E-state index >= 15 is 0 Å². The predicted octanol–water partition coefficient (Wildman–Crippen LogP) is 6.37. The molecule has 0 bridgehead atoms. The third kappa shape index (κ3) is 6.56. The Kier molecular flexibility index (Phi) is 9.85. The molecule has 0 saturated carbocycles. The second-order valence-corrected chi connectivity index (χ2v) is 11.0. The molecule has 2 aromatic carbocycles. The van der Waals surface area contributed by atoms with Gasteiger partial charge in [0.15, 0.2) is 0 Å². The van der Waals surface area contributed by atoms with Crippen LogP contribution >= 0.6 is 0 Å². The van der Waals surface area contributed by atoms with Crippen LogP contribution < -0.4 is 4.90 Å². The Hall–Kier alpha value is -3.22. The maximum absolute atomic E-state index is 13.6. The van der Waals surface area contributed by atoms with Gasteiger partial charge >= 0.3 is 5.97 Å². The minimum absolute atomic E-state index is 0.164. The lowest BCUT2D eigenvalue weighted by atomic mass is 9.87. The molecule has 0 spiro atoms. The molecule has 6 nitrogen and oxygen atoms in total. The number of benzene rings is 2. The molecule has 0 radical (unpaired) electrons. The number of pyridine rings is 1. The first-order valence-electron chi connectivity index (χ1n) is 15.0. The van der Waals surface area contributed by atoms with E-state index in [0.717, 1.165) is 73.6 Å². The molecule has 40 heavy (non-hydrogen) atoms. The van der Waals surface area contributed by atoms with Gasteiger partial charge in [0.1, 0.15) is 0 Å². The first-order chi connectivity index (χ1) is 19.7. The molecule has 3 aromatic rings. The molecular weight excluding hydrogens is 498 g/mol. The average Bonchev–Trinajstić information content (AvgIpc) is 3.00. The molecule has 1 fully saturated rings. The number of hydrogen-bond donors (Lipinski definition) is 0. The number of nitrogens with zero attached hydrogens (tertiary/aromatic N) is 3. The van der Waals surface area contributed by atoms with Crippen LogP contribution in [0, 0.1) is 0 Å². The monoisotopic (exact) mass is 541 g/mol. The van der Waals surface area contributed by atoms with Crippen molar-refractivity contribution < 1.29 is 14.3 Å². The summed E-state index contributed by atoms with van der Waals surface area (Å²) >= 11 is 0. The van der Waals surface area contributed by atoms with Gasteiger partial charge in [-0.25, -0.2) is 4.79 Å². The standard InChI is InChI=1S/C34H43N3O3/c1-3-4-5-12-17-30-32-28(18-19-37(30)25-27-15-10-7-11-16-27)31(34(38)39-2)33(36-20-22-40-23-21-36)29(35-32)24-26-13-8-6-9-14-26/h6-11,13-16,30H,3-5,12,17-25H2,1-2H3. The zero-order valence-corrected chi connectivity index (χ0v) is 24.1. The highest BCUT2D eigenvalue weighted by Gasteiger charge is 2.36. The first-order valence-corrected chi connectivity index (χ1v) is 15.0. The highest BCUT2D eigenvalue weighted by Crippen LogP contribution is 2.40. The van der Waals surface area contributed by atoms with Crippen LogP contribution in [0.4, 0.5) is 5.69 Å². The SMILES string of the molecule is CCCCCCC1c2nc(Cc3ccccc3)c(N3CCOCC3)c(C(=O)OC)c2CCN1Cc1ccccc1. The van der Waals surface area contributed by atoms with E-state index in [4.69, 9.17) is 14.5 Å². The fraction of sp³-hybridized carbons (Fsp3) is 0.471. The zero-order valence-electron chi connectivity index (χ0n) is 24.1. The van der Waals surface area contributed by atoms with Gasteiger partial charge < -0.3 is 14.4 Å². The summed E-state index contributed by atoms with van der Waals surface area (Å²) < 4.78 is 11.2. The Morgan fingerprint density at radius 2 is 1.65 bits per heavy atom. The minimum Gasteiger partial charge on any atom is -0.465 e. The van der Waals surface area contributed by atoms with E-state index in [1.807, 2.05) is 6.07 Å². The Morgan fingerprint density at radius 3 is 2.33 bits per heavy atom. The van der Waals surface area contributed by atoms with Crippen LogP contribution in [0.5, 0.6) is 0 Å². The van der Waals surface area contributed by atoms with Crippen LogP contribution in [-0.2, 0) is 28.9 Å². The van der Waals surface area contributed by atoms with E-state index in [1.54, 1.807) is 0 Å². The van der Waals surface area contributed by atoms with E-state index in [0.29, 0.717) is 19.6 Å². The van der Waals surface area contributed by atoms with Gasteiger partial charge in [-0.3, -0.25) is 9.88 Å². The molecule has 5 rings (SSSR count). The lowest BCUT2D eigenvalue weighted by molar-refractivity contribution is 0.0596. The number of ether oxygens (including phenoxy) is 2. The van der Waals surface area contributed by atoms with Crippen LogP contribution in [0.2, 0.25) is 0 Å². The van der Waals surface area contributed by atoms with Crippen molar-refractivity contribution in [2.45, 2.75) is 64.5 Å². The molecule has 6 heteroatoms. The van der Waals surface area contributed by atoms with Crippen molar-refractivity contribution in [1.29, 1.82) is 0 Å². The Bertz CT molecular complexity index is 1240. The number of methoxy groups -OCH3 is 1. The summed E-state index contributed by atoms with van der Waals surface area (Å²) in [6.45, 7) is 6.81. The molecule has 2 aliphatic heterocycles. The maximum Gasteiger partial charge on any atom is 0.340 e. The van der Waals surface area contributed by atoms with Crippen LogP contribution in [0.3, 0.4) is 0 Å². The van der Waals surface area contributed by atoms with Crippen LogP contribution in [0.15, 0.2) is 60.7 Å². The molecule has 0 N–H and O–H groups in total. The summed E-state index contributed by atoms with van der Waals surface area (Å²) in [6.07, 6.45) is 7.32. The lowest BCUT2D eigenvalue weighted by Crippen LogP contribution is -2.41. The van der Waals surface area contributed by atoms with Crippen molar-refractivity contribution in [3.63, 3.8) is 0 Å². The van der Waals surface area contributed by atoms with Gasteiger partial charge in [-0.05, 0) is 29.5 Å². The molecule has 0 amide bonds. The quantitative estimate of drug-likeness (QED) is 0.208.